The Morgan fingerprint density at radius 3 is 2.87 bits per heavy atom. The van der Waals surface area contributed by atoms with Gasteiger partial charge in [0.2, 0.25) is 5.91 Å². The van der Waals surface area contributed by atoms with E-state index in [0.29, 0.717) is 13.0 Å². The summed E-state index contributed by atoms with van der Waals surface area (Å²) in [6, 6.07) is 6.30. The summed E-state index contributed by atoms with van der Waals surface area (Å²) in [7, 11) is 1.84. The summed E-state index contributed by atoms with van der Waals surface area (Å²) < 4.78 is 8.14. The molecule has 1 atom stereocenters. The van der Waals surface area contributed by atoms with E-state index in [-0.39, 0.29) is 11.9 Å². The number of furan rings is 1. The molecule has 118 valence electrons. The van der Waals surface area contributed by atoms with E-state index in [1.165, 1.54) is 5.56 Å². The first kappa shape index (κ1) is 14.1. The summed E-state index contributed by atoms with van der Waals surface area (Å²) in [5.74, 6) is 1.76. The van der Waals surface area contributed by atoms with Crippen LogP contribution < -0.4 is 0 Å². The second-order valence-corrected chi connectivity index (χ2v) is 6.35. The Bertz CT molecular complexity index is 906. The predicted molar refractivity (Wildman–Crippen MR) is 88.2 cm³/mol. The van der Waals surface area contributed by atoms with Crippen molar-refractivity contribution in [1.29, 1.82) is 0 Å². The number of likely N-dealkylation sites (tertiary alicyclic amines) is 1. The van der Waals surface area contributed by atoms with Crippen molar-refractivity contribution in [3.8, 4) is 11.6 Å². The minimum Gasteiger partial charge on any atom is -0.453 e. The molecule has 0 spiro atoms. The van der Waals surface area contributed by atoms with Gasteiger partial charge in [0.1, 0.15) is 5.58 Å². The van der Waals surface area contributed by atoms with Gasteiger partial charge in [-0.1, -0.05) is 11.6 Å². The van der Waals surface area contributed by atoms with Crippen LogP contribution in [0.1, 0.15) is 23.6 Å². The van der Waals surface area contributed by atoms with Crippen LogP contribution in [-0.2, 0) is 4.79 Å². The Labute approximate surface area is 134 Å². The first-order valence-corrected chi connectivity index (χ1v) is 7.81. The molecule has 1 saturated heterocycles. The van der Waals surface area contributed by atoms with Crippen LogP contribution in [0.5, 0.6) is 0 Å². The summed E-state index contributed by atoms with van der Waals surface area (Å²) in [6.45, 7) is 4.85. The van der Waals surface area contributed by atoms with E-state index < -0.39 is 0 Å². The van der Waals surface area contributed by atoms with Gasteiger partial charge in [0.05, 0.1) is 6.04 Å². The van der Waals surface area contributed by atoms with E-state index >= 15 is 0 Å². The van der Waals surface area contributed by atoms with Crippen molar-refractivity contribution in [3.05, 3.63) is 41.7 Å². The highest BCUT2D eigenvalue weighted by atomic mass is 16.3. The first-order chi connectivity index (χ1) is 11.0. The van der Waals surface area contributed by atoms with Crippen molar-refractivity contribution in [1.82, 2.24) is 14.5 Å². The van der Waals surface area contributed by atoms with Crippen LogP contribution in [-0.4, -0.2) is 34.0 Å². The van der Waals surface area contributed by atoms with Gasteiger partial charge >= 0.3 is 0 Å². The number of hydrogen-bond acceptors (Lipinski definition) is 3. The van der Waals surface area contributed by atoms with Crippen molar-refractivity contribution in [2.24, 2.45) is 0 Å². The lowest BCUT2D eigenvalue weighted by atomic mass is 10.1. The van der Waals surface area contributed by atoms with Crippen LogP contribution in [0.4, 0.5) is 0 Å². The number of carbonyl (C=O) groups is 1. The van der Waals surface area contributed by atoms with E-state index in [0.717, 1.165) is 28.1 Å². The van der Waals surface area contributed by atoms with Gasteiger partial charge < -0.3 is 13.9 Å². The number of aryl methyl sites for hydroxylation is 2. The highest BCUT2D eigenvalue weighted by Gasteiger charge is 2.30. The molecule has 1 unspecified atom stereocenters. The van der Waals surface area contributed by atoms with Gasteiger partial charge in [-0.3, -0.25) is 4.79 Å². The smallest absolute Gasteiger partial charge is 0.224 e. The van der Waals surface area contributed by atoms with E-state index in [9.17, 15) is 4.79 Å². The lowest BCUT2D eigenvalue weighted by Gasteiger charge is -2.14. The molecule has 0 N–H and O–H groups in total. The van der Waals surface area contributed by atoms with Crippen LogP contribution >= 0.6 is 0 Å². The fourth-order valence-corrected chi connectivity index (χ4v) is 3.36. The van der Waals surface area contributed by atoms with Gasteiger partial charge in [-0.15, -0.1) is 0 Å². The zero-order valence-electron chi connectivity index (χ0n) is 13.5. The van der Waals surface area contributed by atoms with Crippen LogP contribution in [0.15, 0.2) is 35.0 Å². The maximum absolute atomic E-state index is 11.8. The topological polar surface area (TPSA) is 51.3 Å². The highest BCUT2D eigenvalue weighted by molar-refractivity contribution is 5.87. The quantitative estimate of drug-likeness (QED) is 0.729. The average molecular weight is 309 g/mol. The number of amides is 1. The molecule has 5 heteroatoms. The standard InChI is InChI=1S/C18H19N3O2/c1-11-4-5-15-14(8-11)12(2)17(23-15)18-19-6-7-21(18)13-9-16(22)20(3)10-13/h4-8,13H,9-10H2,1-3H3. The highest BCUT2D eigenvalue weighted by Crippen LogP contribution is 2.35. The van der Waals surface area contributed by atoms with Crippen LogP contribution in [0.25, 0.3) is 22.6 Å². The lowest BCUT2D eigenvalue weighted by molar-refractivity contribution is -0.126. The molecule has 3 aromatic rings. The van der Waals surface area contributed by atoms with Gasteiger partial charge in [0.25, 0.3) is 0 Å². The zero-order valence-corrected chi connectivity index (χ0v) is 13.5. The van der Waals surface area contributed by atoms with Crippen LogP contribution in [0.3, 0.4) is 0 Å². The normalized spacial score (nSPS) is 18.3. The maximum atomic E-state index is 11.8. The van der Waals surface area contributed by atoms with E-state index in [1.54, 1.807) is 11.1 Å². The first-order valence-electron chi connectivity index (χ1n) is 7.81. The number of rotatable bonds is 2. The molecule has 0 radical (unpaired) electrons. The molecule has 4 rings (SSSR count). The number of aromatic nitrogens is 2. The number of likely N-dealkylation sites (N-methyl/N-ethyl adjacent to an activating group) is 1. The van der Waals surface area contributed by atoms with Crippen LogP contribution in [0.2, 0.25) is 0 Å². The third-order valence-electron chi connectivity index (χ3n) is 4.68. The number of benzene rings is 1. The van der Waals surface area contributed by atoms with Crippen molar-refractivity contribution in [2.45, 2.75) is 26.3 Å². The molecule has 3 heterocycles. The Hall–Kier alpha value is -2.56. The summed E-state index contributed by atoms with van der Waals surface area (Å²) in [4.78, 5) is 18.1. The lowest BCUT2D eigenvalue weighted by Crippen LogP contribution is -2.19. The Balaban J connectivity index is 1.82. The molecule has 23 heavy (non-hydrogen) atoms. The van der Waals surface area contributed by atoms with Crippen molar-refractivity contribution in [2.75, 3.05) is 13.6 Å². The third kappa shape index (κ3) is 2.15. The van der Waals surface area contributed by atoms with Crippen molar-refractivity contribution < 1.29 is 9.21 Å². The summed E-state index contributed by atoms with van der Waals surface area (Å²) in [5, 5.41) is 1.12. The molecule has 0 bridgehead atoms. The molecule has 1 aromatic carbocycles. The predicted octanol–water partition coefficient (Wildman–Crippen LogP) is 3.32. The third-order valence-corrected chi connectivity index (χ3v) is 4.68. The Morgan fingerprint density at radius 2 is 2.13 bits per heavy atom. The molecular formula is C18H19N3O2. The Kier molecular flexibility index (Phi) is 3.04. The fraction of sp³-hybridized carbons (Fsp3) is 0.333. The number of imidazole rings is 1. The SMILES string of the molecule is Cc1ccc2oc(-c3nccn3C3CC(=O)N(C)C3)c(C)c2c1. The van der Waals surface area contributed by atoms with E-state index in [4.69, 9.17) is 4.42 Å². The molecular weight excluding hydrogens is 290 g/mol. The minimum atomic E-state index is 0.111. The number of carbonyl (C=O) groups excluding carboxylic acids is 1. The average Bonchev–Trinajstić information content (AvgIpc) is 3.19. The van der Waals surface area contributed by atoms with Crippen LogP contribution in [0, 0.1) is 13.8 Å². The van der Waals surface area contributed by atoms with Crippen molar-refractivity contribution >= 4 is 16.9 Å². The molecule has 1 amide bonds. The summed E-state index contributed by atoms with van der Waals surface area (Å²) in [6.07, 6.45) is 4.22. The van der Waals surface area contributed by atoms with Gasteiger partial charge in [-0.2, -0.15) is 0 Å². The number of nitrogens with zero attached hydrogens (tertiary/aromatic N) is 3. The van der Waals surface area contributed by atoms with Gasteiger partial charge in [0.15, 0.2) is 11.6 Å². The molecule has 0 saturated carbocycles. The summed E-state index contributed by atoms with van der Waals surface area (Å²) >= 11 is 0. The van der Waals surface area contributed by atoms with E-state index in [2.05, 4.69) is 29.5 Å². The Morgan fingerprint density at radius 1 is 1.30 bits per heavy atom. The summed E-state index contributed by atoms with van der Waals surface area (Å²) in [5.41, 5.74) is 3.17. The van der Waals surface area contributed by atoms with Gasteiger partial charge in [0, 0.05) is 43.4 Å². The molecule has 5 nitrogen and oxygen atoms in total. The molecule has 0 aliphatic carbocycles. The van der Waals surface area contributed by atoms with Gasteiger partial charge in [-0.05, 0) is 26.0 Å². The van der Waals surface area contributed by atoms with Crippen molar-refractivity contribution in [3.63, 3.8) is 0 Å². The number of hydrogen-bond donors (Lipinski definition) is 0. The molecule has 1 fully saturated rings. The molecule has 1 aliphatic rings. The molecule has 2 aromatic heterocycles. The second-order valence-electron chi connectivity index (χ2n) is 6.35. The zero-order chi connectivity index (χ0) is 16.1. The maximum Gasteiger partial charge on any atom is 0.224 e. The van der Waals surface area contributed by atoms with E-state index in [1.807, 2.05) is 25.4 Å². The monoisotopic (exact) mass is 309 g/mol. The van der Waals surface area contributed by atoms with Gasteiger partial charge in [-0.25, -0.2) is 4.98 Å². The molecule has 1 aliphatic heterocycles. The second kappa shape index (κ2) is 4.98. The largest absolute Gasteiger partial charge is 0.453 e. The number of fused-ring (bicyclic) bond motifs is 1. The minimum absolute atomic E-state index is 0.111. The fourth-order valence-electron chi connectivity index (χ4n) is 3.36.